The highest BCUT2D eigenvalue weighted by Gasteiger charge is 2.15. The quantitative estimate of drug-likeness (QED) is 0.225. The van der Waals surface area contributed by atoms with E-state index in [0.29, 0.717) is 23.5 Å². The fourth-order valence-corrected chi connectivity index (χ4v) is 4.07. The number of ether oxygens (including phenoxy) is 3. The van der Waals surface area contributed by atoms with Crippen molar-refractivity contribution in [3.05, 3.63) is 89.5 Å². The number of hydrogen-bond donors (Lipinski definition) is 0. The summed E-state index contributed by atoms with van der Waals surface area (Å²) in [5.41, 5.74) is 2.97. The number of hydrogen-bond acceptors (Lipinski definition) is 5. The highest BCUT2D eigenvalue weighted by Crippen LogP contribution is 2.26. The van der Waals surface area contributed by atoms with Crippen molar-refractivity contribution in [1.29, 1.82) is 0 Å². The monoisotopic (exact) mass is 457 g/mol. The molecule has 0 bridgehead atoms. The molecule has 176 valence electrons. The zero-order chi connectivity index (χ0) is 23.8. The van der Waals surface area contributed by atoms with Crippen LogP contribution in [0.1, 0.15) is 34.3 Å². The number of rotatable bonds is 10. The molecular formula is C29H31NO4. The van der Waals surface area contributed by atoms with Crippen LogP contribution >= 0.6 is 0 Å². The number of benzene rings is 3. The van der Waals surface area contributed by atoms with E-state index >= 15 is 0 Å². The number of carbonyl (C=O) groups excluding carboxylic acids is 1. The molecule has 1 aliphatic heterocycles. The maximum absolute atomic E-state index is 13.5. The summed E-state index contributed by atoms with van der Waals surface area (Å²) in [5, 5.41) is 0. The first-order valence-corrected chi connectivity index (χ1v) is 11.7. The van der Waals surface area contributed by atoms with E-state index in [0.717, 1.165) is 29.2 Å². The Labute approximate surface area is 201 Å². The molecule has 0 aromatic heterocycles. The van der Waals surface area contributed by atoms with Gasteiger partial charge in [0, 0.05) is 17.7 Å². The lowest BCUT2D eigenvalue weighted by Crippen LogP contribution is -2.25. The highest BCUT2D eigenvalue weighted by molar-refractivity contribution is 6.32. The average molecular weight is 458 g/mol. The highest BCUT2D eigenvalue weighted by atomic mass is 16.5. The molecule has 0 N–H and O–H groups in total. The van der Waals surface area contributed by atoms with Crippen molar-refractivity contribution < 1.29 is 19.0 Å². The minimum Gasteiger partial charge on any atom is -0.497 e. The molecule has 0 atom stereocenters. The van der Waals surface area contributed by atoms with E-state index in [-0.39, 0.29) is 5.78 Å². The lowest BCUT2D eigenvalue weighted by molar-refractivity contribution is 0.105. The minimum atomic E-state index is -0.0567. The van der Waals surface area contributed by atoms with Gasteiger partial charge in [0.05, 0.1) is 14.2 Å². The van der Waals surface area contributed by atoms with E-state index in [2.05, 4.69) is 4.90 Å². The second-order valence-electron chi connectivity index (χ2n) is 8.31. The summed E-state index contributed by atoms with van der Waals surface area (Å²) in [7, 11) is 3.24. The first-order valence-electron chi connectivity index (χ1n) is 11.7. The van der Waals surface area contributed by atoms with Crippen molar-refractivity contribution in [2.24, 2.45) is 0 Å². The second kappa shape index (κ2) is 11.5. The molecule has 3 aromatic carbocycles. The number of methoxy groups -OCH3 is 2. The van der Waals surface area contributed by atoms with Gasteiger partial charge in [-0.1, -0.05) is 24.3 Å². The molecule has 0 amide bonds. The molecule has 5 heteroatoms. The second-order valence-corrected chi connectivity index (χ2v) is 8.31. The van der Waals surface area contributed by atoms with Gasteiger partial charge in [-0.2, -0.15) is 0 Å². The zero-order valence-corrected chi connectivity index (χ0v) is 19.8. The van der Waals surface area contributed by atoms with Crippen LogP contribution in [0.4, 0.5) is 0 Å². The number of carbonyl (C=O) groups is 1. The third-order valence-corrected chi connectivity index (χ3v) is 6.06. The van der Waals surface area contributed by atoms with Gasteiger partial charge in [-0.25, -0.2) is 0 Å². The lowest BCUT2D eigenvalue weighted by atomic mass is 9.94. The van der Waals surface area contributed by atoms with E-state index < -0.39 is 0 Å². The molecule has 4 rings (SSSR count). The summed E-state index contributed by atoms with van der Waals surface area (Å²) < 4.78 is 16.4. The molecule has 0 aliphatic carbocycles. The Morgan fingerprint density at radius 2 is 1.29 bits per heavy atom. The maximum atomic E-state index is 13.5. The van der Waals surface area contributed by atoms with Crippen LogP contribution in [-0.4, -0.2) is 51.1 Å². The van der Waals surface area contributed by atoms with Crippen LogP contribution in [0.25, 0.3) is 11.6 Å². The molecule has 3 aromatic rings. The summed E-state index contributed by atoms with van der Waals surface area (Å²) in [5.74, 6) is 2.24. The molecule has 0 unspecified atom stereocenters. The Morgan fingerprint density at radius 1 is 0.765 bits per heavy atom. The zero-order valence-electron chi connectivity index (χ0n) is 19.8. The number of ketones is 1. The molecule has 1 aliphatic rings. The Hall–Kier alpha value is -3.57. The van der Waals surface area contributed by atoms with Crippen molar-refractivity contribution in [3.8, 4) is 17.2 Å². The SMILES string of the molecule is COc1ccc(C(=O)C(=Cc2ccc(OCCN3CCCC3)cc2)c2ccc(OC)cc2)cc1. The van der Waals surface area contributed by atoms with Crippen LogP contribution in [0.2, 0.25) is 0 Å². The van der Waals surface area contributed by atoms with Crippen LogP contribution in [0.5, 0.6) is 17.2 Å². The van der Waals surface area contributed by atoms with E-state index in [9.17, 15) is 4.79 Å². The largest absolute Gasteiger partial charge is 0.497 e. The first kappa shape index (κ1) is 23.6. The number of allylic oxidation sites excluding steroid dienone is 1. The summed E-state index contributed by atoms with van der Waals surface area (Å²) in [4.78, 5) is 15.9. The molecule has 1 heterocycles. The van der Waals surface area contributed by atoms with Gasteiger partial charge in [0.2, 0.25) is 0 Å². The van der Waals surface area contributed by atoms with Gasteiger partial charge < -0.3 is 14.2 Å². The predicted octanol–water partition coefficient (Wildman–Crippen LogP) is 5.60. The fraction of sp³-hybridized carbons (Fsp3) is 0.276. The number of likely N-dealkylation sites (tertiary alicyclic amines) is 1. The predicted molar refractivity (Wildman–Crippen MR) is 136 cm³/mol. The number of nitrogens with zero attached hydrogens (tertiary/aromatic N) is 1. The van der Waals surface area contributed by atoms with Crippen molar-refractivity contribution in [2.75, 3.05) is 40.5 Å². The van der Waals surface area contributed by atoms with E-state index in [4.69, 9.17) is 14.2 Å². The van der Waals surface area contributed by atoms with Gasteiger partial charge >= 0.3 is 0 Å². The van der Waals surface area contributed by atoms with Crippen molar-refractivity contribution in [1.82, 2.24) is 4.90 Å². The summed E-state index contributed by atoms with van der Waals surface area (Å²) in [6.07, 6.45) is 4.49. The topological polar surface area (TPSA) is 48.0 Å². The van der Waals surface area contributed by atoms with E-state index in [1.54, 1.807) is 38.5 Å². The normalized spacial score (nSPS) is 14.1. The maximum Gasteiger partial charge on any atom is 0.193 e. The third kappa shape index (κ3) is 6.06. The molecular weight excluding hydrogens is 426 g/mol. The number of Topliss-reactive ketones (excluding diaryl/α,β-unsaturated/α-hetero) is 1. The van der Waals surface area contributed by atoms with Gasteiger partial charge in [0.15, 0.2) is 5.78 Å². The Balaban J connectivity index is 1.54. The summed E-state index contributed by atoms with van der Waals surface area (Å²) in [6, 6.07) is 22.6. The lowest BCUT2D eigenvalue weighted by Gasteiger charge is -2.15. The van der Waals surface area contributed by atoms with E-state index in [1.165, 1.54) is 25.9 Å². The van der Waals surface area contributed by atoms with Gasteiger partial charge in [-0.15, -0.1) is 0 Å². The molecule has 1 saturated heterocycles. The molecule has 34 heavy (non-hydrogen) atoms. The average Bonchev–Trinajstić information content (AvgIpc) is 3.41. The standard InChI is InChI=1S/C29H31NO4/c1-32-25-13-7-23(8-14-25)28(29(31)24-9-15-26(33-2)16-10-24)21-22-5-11-27(12-6-22)34-20-19-30-17-3-4-18-30/h5-16,21H,3-4,17-20H2,1-2H3. The Kier molecular flexibility index (Phi) is 7.99. The first-order chi connectivity index (χ1) is 16.7. The molecule has 0 spiro atoms. The Morgan fingerprint density at radius 3 is 1.85 bits per heavy atom. The molecule has 1 fully saturated rings. The summed E-state index contributed by atoms with van der Waals surface area (Å²) in [6.45, 7) is 3.98. The minimum absolute atomic E-state index is 0.0567. The molecule has 0 radical (unpaired) electrons. The van der Waals surface area contributed by atoms with Gasteiger partial charge in [0.1, 0.15) is 23.9 Å². The third-order valence-electron chi connectivity index (χ3n) is 6.06. The van der Waals surface area contributed by atoms with Crippen molar-refractivity contribution in [3.63, 3.8) is 0 Å². The van der Waals surface area contributed by atoms with Gasteiger partial charge in [-0.05, 0) is 91.7 Å². The van der Waals surface area contributed by atoms with Crippen molar-refractivity contribution in [2.45, 2.75) is 12.8 Å². The van der Waals surface area contributed by atoms with E-state index in [1.807, 2.05) is 54.6 Å². The van der Waals surface area contributed by atoms with Crippen LogP contribution in [-0.2, 0) is 0 Å². The fourth-order valence-electron chi connectivity index (χ4n) is 4.07. The van der Waals surface area contributed by atoms with Crippen LogP contribution in [0.15, 0.2) is 72.8 Å². The van der Waals surface area contributed by atoms with Gasteiger partial charge in [-0.3, -0.25) is 9.69 Å². The van der Waals surface area contributed by atoms with Crippen LogP contribution < -0.4 is 14.2 Å². The Bertz CT molecular complexity index is 1100. The smallest absolute Gasteiger partial charge is 0.193 e. The molecule has 0 saturated carbocycles. The van der Waals surface area contributed by atoms with Gasteiger partial charge in [0.25, 0.3) is 0 Å². The van der Waals surface area contributed by atoms with Crippen molar-refractivity contribution >= 4 is 17.4 Å². The molecule has 5 nitrogen and oxygen atoms in total. The van der Waals surface area contributed by atoms with Crippen LogP contribution in [0.3, 0.4) is 0 Å². The van der Waals surface area contributed by atoms with Crippen LogP contribution in [0, 0.1) is 0 Å². The summed E-state index contributed by atoms with van der Waals surface area (Å²) >= 11 is 0.